The van der Waals surface area contributed by atoms with E-state index in [9.17, 15) is 19.1 Å². The topological polar surface area (TPSA) is 110 Å². The summed E-state index contributed by atoms with van der Waals surface area (Å²) in [5.41, 5.74) is 0.282. The van der Waals surface area contributed by atoms with Gasteiger partial charge in [-0.25, -0.2) is 19.2 Å². The lowest BCUT2D eigenvalue weighted by molar-refractivity contribution is -0.120. The number of hydrogen-bond acceptors (Lipinski definition) is 4. The lowest BCUT2D eigenvalue weighted by atomic mass is 9.81. The molecular weight excluding hydrogens is 493 g/mol. The first kappa shape index (κ1) is 27.4. The van der Waals surface area contributed by atoms with Gasteiger partial charge in [-0.3, -0.25) is 9.89 Å². The molecule has 1 atom stereocenters. The van der Waals surface area contributed by atoms with Crippen molar-refractivity contribution in [3.63, 3.8) is 0 Å². The molecule has 4 rings (SSSR count). The van der Waals surface area contributed by atoms with Crippen LogP contribution in [0.2, 0.25) is 0 Å². The van der Waals surface area contributed by atoms with E-state index in [4.69, 9.17) is 0 Å². The van der Waals surface area contributed by atoms with Gasteiger partial charge >= 0.3 is 6.03 Å². The highest BCUT2D eigenvalue weighted by atomic mass is 32.3. The van der Waals surface area contributed by atoms with Crippen LogP contribution in [0.15, 0.2) is 24.3 Å². The van der Waals surface area contributed by atoms with Gasteiger partial charge in [0.2, 0.25) is 5.91 Å². The molecule has 1 aliphatic carbocycles. The minimum atomic E-state index is -1.13. The van der Waals surface area contributed by atoms with E-state index in [0.717, 1.165) is 30.5 Å². The average Bonchev–Trinajstić information content (AvgIpc) is 3.28. The van der Waals surface area contributed by atoms with E-state index >= 15 is 0 Å². The Hall–Kier alpha value is -2.59. The highest BCUT2D eigenvalue weighted by Gasteiger charge is 2.51. The van der Waals surface area contributed by atoms with Gasteiger partial charge in [-0.15, -0.1) is 0 Å². The predicted molar refractivity (Wildman–Crippen MR) is 146 cm³/mol. The maximum Gasteiger partial charge on any atom is 0.318 e. The van der Waals surface area contributed by atoms with Gasteiger partial charge in [0.15, 0.2) is 5.82 Å². The summed E-state index contributed by atoms with van der Waals surface area (Å²) in [4.78, 5) is 28.7. The normalized spacial score (nSPS) is 19.5. The van der Waals surface area contributed by atoms with Crippen LogP contribution in [0.1, 0.15) is 69.8 Å². The SMILES string of the molecule is CC(C)(CO)C(NC(=O)N1Cc2c(NC(=O)C3(S(C)(C)C)CCC3)n[nH]c2C1(C)C)c1ccccc1F. The summed E-state index contributed by atoms with van der Waals surface area (Å²) in [6.07, 6.45) is 9.33. The molecule has 0 bridgehead atoms. The largest absolute Gasteiger partial charge is 0.396 e. The summed E-state index contributed by atoms with van der Waals surface area (Å²) in [5, 5.41) is 23.5. The fourth-order valence-corrected chi connectivity index (χ4v) is 7.60. The van der Waals surface area contributed by atoms with Crippen molar-refractivity contribution in [1.29, 1.82) is 0 Å². The maximum atomic E-state index is 14.7. The number of aromatic nitrogens is 2. The summed E-state index contributed by atoms with van der Waals surface area (Å²) in [6, 6.07) is 5.13. The van der Waals surface area contributed by atoms with Crippen molar-refractivity contribution in [2.75, 3.05) is 30.7 Å². The van der Waals surface area contributed by atoms with Gasteiger partial charge in [-0.1, -0.05) is 32.0 Å². The molecule has 1 aliphatic heterocycles. The minimum Gasteiger partial charge on any atom is -0.396 e. The maximum absolute atomic E-state index is 14.7. The molecule has 37 heavy (non-hydrogen) atoms. The van der Waals surface area contributed by atoms with E-state index in [2.05, 4.69) is 39.6 Å². The zero-order chi connectivity index (χ0) is 27.4. The molecule has 10 heteroatoms. The molecule has 4 N–H and O–H groups in total. The lowest BCUT2D eigenvalue weighted by Crippen LogP contribution is -2.51. The Labute approximate surface area is 220 Å². The monoisotopic (exact) mass is 533 g/mol. The molecule has 0 saturated heterocycles. The first-order valence-electron chi connectivity index (χ1n) is 12.7. The standard InChI is InChI=1S/C27H40FN5O3S/c1-25(2,16-34)20(17-11-8-9-12-19(17)28)29-24(36)33-15-18-21(26(33,3)4)31-32-22(18)30-23(35)27(13-10-14-27)37(5,6)7/h8-9,11-12,20,34H,10,13-16H2,1-7H3,(H,29,36)(H2,30,31,32,35). The van der Waals surface area contributed by atoms with Crippen LogP contribution in [-0.4, -0.2) is 62.3 Å². The van der Waals surface area contributed by atoms with Crippen LogP contribution in [-0.2, 0) is 16.9 Å². The van der Waals surface area contributed by atoms with Crippen molar-refractivity contribution in [2.45, 2.75) is 69.8 Å². The number of hydrogen-bond donors (Lipinski definition) is 4. The second kappa shape index (κ2) is 9.31. The molecule has 2 heterocycles. The molecule has 0 radical (unpaired) electrons. The molecule has 1 aromatic carbocycles. The molecule has 1 unspecified atom stereocenters. The predicted octanol–water partition coefficient (Wildman–Crippen LogP) is 4.62. The molecule has 0 spiro atoms. The van der Waals surface area contributed by atoms with Gasteiger partial charge in [0, 0.05) is 16.5 Å². The fraction of sp³-hybridized carbons (Fsp3) is 0.593. The van der Waals surface area contributed by atoms with E-state index < -0.39 is 38.9 Å². The third-order valence-electron chi connectivity index (χ3n) is 8.37. The van der Waals surface area contributed by atoms with Crippen LogP contribution in [0.25, 0.3) is 0 Å². The number of aromatic amines is 1. The fourth-order valence-electron chi connectivity index (χ4n) is 5.48. The molecule has 1 aromatic heterocycles. The van der Waals surface area contributed by atoms with Gasteiger partial charge in [0.1, 0.15) is 5.82 Å². The van der Waals surface area contributed by atoms with Crippen LogP contribution in [0.3, 0.4) is 0 Å². The second-order valence-corrected chi connectivity index (χ2v) is 16.7. The average molecular weight is 534 g/mol. The molecule has 1 fully saturated rings. The highest BCUT2D eigenvalue weighted by molar-refractivity contribution is 8.33. The molecule has 2 aromatic rings. The number of carbonyl (C=O) groups excluding carboxylic acids is 2. The van der Waals surface area contributed by atoms with E-state index in [-0.39, 0.29) is 23.8 Å². The number of rotatable bonds is 7. The zero-order valence-corrected chi connectivity index (χ0v) is 23.7. The number of fused-ring (bicyclic) bond motifs is 1. The molecule has 3 amide bonds. The summed E-state index contributed by atoms with van der Waals surface area (Å²) in [6.45, 7) is 7.38. The van der Waals surface area contributed by atoms with E-state index in [0.29, 0.717) is 11.4 Å². The Bertz CT molecular complexity index is 1200. The lowest BCUT2D eigenvalue weighted by Gasteiger charge is -2.53. The van der Waals surface area contributed by atoms with Crippen molar-refractivity contribution < 1.29 is 19.1 Å². The second-order valence-electron chi connectivity index (χ2n) is 12.3. The van der Waals surface area contributed by atoms with Gasteiger partial charge in [-0.05, 0) is 57.9 Å². The Kier molecular flexibility index (Phi) is 6.90. The number of halogens is 1. The minimum absolute atomic E-state index is 0.000528. The molecule has 1 saturated carbocycles. The van der Waals surface area contributed by atoms with Crippen LogP contribution >= 0.6 is 10.0 Å². The number of benzene rings is 1. The number of carbonyl (C=O) groups is 2. The summed E-state index contributed by atoms with van der Waals surface area (Å²) >= 11 is 0. The number of aliphatic hydroxyl groups excluding tert-OH is 1. The molecule has 2 aliphatic rings. The number of H-pyrrole nitrogens is 1. The number of nitrogens with one attached hydrogen (secondary N) is 3. The van der Waals surface area contributed by atoms with Crippen LogP contribution < -0.4 is 10.6 Å². The number of urea groups is 1. The smallest absolute Gasteiger partial charge is 0.318 e. The van der Waals surface area contributed by atoms with Crippen molar-refractivity contribution in [3.05, 3.63) is 46.9 Å². The Morgan fingerprint density at radius 3 is 2.43 bits per heavy atom. The van der Waals surface area contributed by atoms with Crippen LogP contribution in [0, 0.1) is 11.2 Å². The quantitative estimate of drug-likeness (QED) is 0.416. The van der Waals surface area contributed by atoms with Crippen molar-refractivity contribution in [1.82, 2.24) is 20.4 Å². The first-order valence-corrected chi connectivity index (χ1v) is 15.5. The van der Waals surface area contributed by atoms with Crippen molar-refractivity contribution >= 4 is 27.8 Å². The van der Waals surface area contributed by atoms with E-state index in [1.165, 1.54) is 6.07 Å². The van der Waals surface area contributed by atoms with Crippen LogP contribution in [0.4, 0.5) is 15.0 Å². The molecule has 204 valence electrons. The van der Waals surface area contributed by atoms with E-state index in [1.54, 1.807) is 36.9 Å². The molecule has 8 nitrogen and oxygen atoms in total. The van der Waals surface area contributed by atoms with Gasteiger partial charge in [-0.2, -0.15) is 5.10 Å². The van der Waals surface area contributed by atoms with Crippen molar-refractivity contribution in [2.24, 2.45) is 5.41 Å². The van der Waals surface area contributed by atoms with Gasteiger partial charge < -0.3 is 20.6 Å². The number of anilines is 1. The van der Waals surface area contributed by atoms with Crippen LogP contribution in [0.5, 0.6) is 0 Å². The zero-order valence-electron chi connectivity index (χ0n) is 22.9. The third-order valence-corrected chi connectivity index (χ3v) is 11.3. The van der Waals surface area contributed by atoms with E-state index in [1.807, 2.05) is 13.8 Å². The summed E-state index contributed by atoms with van der Waals surface area (Å²) in [5.74, 6) is 0.0144. The molecular formula is C27H40FN5O3S. The summed E-state index contributed by atoms with van der Waals surface area (Å²) in [7, 11) is -1.13. The van der Waals surface area contributed by atoms with Gasteiger partial charge in [0.05, 0.1) is 35.2 Å². The number of amides is 3. The third kappa shape index (κ3) is 4.52. The number of nitrogens with zero attached hydrogens (tertiary/aromatic N) is 2. The Morgan fingerprint density at radius 2 is 1.89 bits per heavy atom. The van der Waals surface area contributed by atoms with Crippen molar-refractivity contribution in [3.8, 4) is 0 Å². The summed E-state index contributed by atoms with van der Waals surface area (Å²) < 4.78 is 14.4. The van der Waals surface area contributed by atoms with Gasteiger partial charge in [0.25, 0.3) is 0 Å². The highest BCUT2D eigenvalue weighted by Crippen LogP contribution is 2.60. The Morgan fingerprint density at radius 1 is 1.24 bits per heavy atom. The first-order chi connectivity index (χ1) is 17.2. The number of aliphatic hydroxyl groups is 1. The Balaban J connectivity index is 1.58.